The van der Waals surface area contributed by atoms with Crippen molar-refractivity contribution in [3.8, 4) is 0 Å². The Balaban J connectivity index is 3.71. The lowest BCUT2D eigenvalue weighted by Gasteiger charge is -2.21. The molecule has 0 bridgehead atoms. The van der Waals surface area contributed by atoms with Gasteiger partial charge in [0.05, 0.1) is 0 Å². The highest BCUT2D eigenvalue weighted by Crippen LogP contribution is 2.14. The van der Waals surface area contributed by atoms with Gasteiger partial charge in [0.15, 0.2) is 0 Å². The third-order valence-corrected chi connectivity index (χ3v) is 2.97. The molecular formula is C13H29N. The lowest BCUT2D eigenvalue weighted by molar-refractivity contribution is 0.370. The lowest BCUT2D eigenvalue weighted by Crippen LogP contribution is -2.31. The maximum Gasteiger partial charge on any atom is 0.00695 e. The summed E-state index contributed by atoms with van der Waals surface area (Å²) in [6.45, 7) is 10.4. The minimum Gasteiger partial charge on any atom is -0.314 e. The molecule has 0 rings (SSSR count). The first-order valence-corrected chi connectivity index (χ1v) is 6.47. The summed E-state index contributed by atoms with van der Waals surface area (Å²) in [6, 6.07) is 0.768. The topological polar surface area (TPSA) is 12.0 Å². The van der Waals surface area contributed by atoms with Crippen molar-refractivity contribution in [3.05, 3.63) is 0 Å². The van der Waals surface area contributed by atoms with Crippen molar-refractivity contribution in [2.24, 2.45) is 5.92 Å². The highest BCUT2D eigenvalue weighted by atomic mass is 14.9. The second-order valence-corrected chi connectivity index (χ2v) is 4.54. The largest absolute Gasteiger partial charge is 0.314 e. The van der Waals surface area contributed by atoms with Crippen molar-refractivity contribution in [2.75, 3.05) is 6.54 Å². The minimum absolute atomic E-state index is 0.768. The van der Waals surface area contributed by atoms with Crippen LogP contribution in [-0.2, 0) is 0 Å². The molecular weight excluding hydrogens is 170 g/mol. The number of rotatable bonds is 9. The van der Waals surface area contributed by atoms with Crippen molar-refractivity contribution in [3.63, 3.8) is 0 Å². The zero-order chi connectivity index (χ0) is 10.8. The van der Waals surface area contributed by atoms with Crippen molar-refractivity contribution >= 4 is 0 Å². The van der Waals surface area contributed by atoms with Gasteiger partial charge in [-0.1, -0.05) is 47.0 Å². The van der Waals surface area contributed by atoms with Gasteiger partial charge in [-0.05, 0) is 31.7 Å². The summed E-state index contributed by atoms with van der Waals surface area (Å²) in [7, 11) is 0. The minimum atomic E-state index is 0.768. The smallest absolute Gasteiger partial charge is 0.00695 e. The van der Waals surface area contributed by atoms with Gasteiger partial charge in [0.2, 0.25) is 0 Å². The Hall–Kier alpha value is -0.0400. The molecule has 2 atom stereocenters. The van der Waals surface area contributed by atoms with Gasteiger partial charge in [-0.15, -0.1) is 0 Å². The highest BCUT2D eigenvalue weighted by Gasteiger charge is 2.10. The van der Waals surface area contributed by atoms with Gasteiger partial charge in [0, 0.05) is 6.04 Å². The van der Waals surface area contributed by atoms with E-state index >= 15 is 0 Å². The summed E-state index contributed by atoms with van der Waals surface area (Å²) >= 11 is 0. The maximum absolute atomic E-state index is 3.67. The van der Waals surface area contributed by atoms with E-state index in [-0.39, 0.29) is 0 Å². The first-order chi connectivity index (χ1) is 6.74. The van der Waals surface area contributed by atoms with Crippen molar-refractivity contribution < 1.29 is 0 Å². The van der Waals surface area contributed by atoms with E-state index in [0.717, 1.165) is 12.0 Å². The Labute approximate surface area is 90.7 Å². The maximum atomic E-state index is 3.67. The van der Waals surface area contributed by atoms with Gasteiger partial charge < -0.3 is 5.32 Å². The highest BCUT2D eigenvalue weighted by molar-refractivity contribution is 4.69. The molecule has 86 valence electrons. The fourth-order valence-corrected chi connectivity index (χ4v) is 1.75. The van der Waals surface area contributed by atoms with Crippen LogP contribution in [0, 0.1) is 5.92 Å². The first kappa shape index (κ1) is 14.0. The van der Waals surface area contributed by atoms with E-state index in [1.807, 2.05) is 0 Å². The van der Waals surface area contributed by atoms with Gasteiger partial charge in [-0.25, -0.2) is 0 Å². The Morgan fingerprint density at radius 2 is 1.79 bits per heavy atom. The molecule has 1 heteroatoms. The predicted octanol–water partition coefficient (Wildman–Crippen LogP) is 3.98. The molecule has 0 radical (unpaired) electrons. The Morgan fingerprint density at radius 1 is 1.07 bits per heavy atom. The molecule has 0 aromatic carbocycles. The van der Waals surface area contributed by atoms with Gasteiger partial charge in [-0.3, -0.25) is 0 Å². The Morgan fingerprint density at radius 3 is 2.29 bits per heavy atom. The van der Waals surface area contributed by atoms with Crippen LogP contribution in [0.2, 0.25) is 0 Å². The van der Waals surface area contributed by atoms with Crippen LogP contribution in [0.4, 0.5) is 0 Å². The van der Waals surface area contributed by atoms with Gasteiger partial charge >= 0.3 is 0 Å². The van der Waals surface area contributed by atoms with Crippen LogP contribution in [0.1, 0.15) is 66.2 Å². The SMILES string of the molecule is CCCCC(CC(C)CC)NCCC. The molecule has 1 nitrogen and oxygen atoms in total. The van der Waals surface area contributed by atoms with Gasteiger partial charge in [-0.2, -0.15) is 0 Å². The molecule has 0 aliphatic rings. The molecule has 0 saturated heterocycles. The molecule has 0 aliphatic carbocycles. The van der Waals surface area contributed by atoms with Crippen LogP contribution in [0.3, 0.4) is 0 Å². The van der Waals surface area contributed by atoms with Crippen LogP contribution >= 0.6 is 0 Å². The van der Waals surface area contributed by atoms with E-state index in [2.05, 4.69) is 33.0 Å². The predicted molar refractivity (Wildman–Crippen MR) is 65.7 cm³/mol. The number of nitrogens with one attached hydrogen (secondary N) is 1. The summed E-state index contributed by atoms with van der Waals surface area (Å²) in [4.78, 5) is 0. The average molecular weight is 199 g/mol. The average Bonchev–Trinajstić information content (AvgIpc) is 2.21. The van der Waals surface area contributed by atoms with Crippen molar-refractivity contribution in [1.82, 2.24) is 5.32 Å². The molecule has 0 fully saturated rings. The van der Waals surface area contributed by atoms with E-state index in [1.54, 1.807) is 0 Å². The third-order valence-electron chi connectivity index (χ3n) is 2.97. The van der Waals surface area contributed by atoms with E-state index in [4.69, 9.17) is 0 Å². The van der Waals surface area contributed by atoms with E-state index in [1.165, 1.54) is 45.1 Å². The molecule has 0 saturated carbocycles. The second kappa shape index (κ2) is 9.51. The molecule has 0 heterocycles. The number of unbranched alkanes of at least 4 members (excludes halogenated alkanes) is 1. The number of hydrogen-bond acceptors (Lipinski definition) is 1. The van der Waals surface area contributed by atoms with E-state index < -0.39 is 0 Å². The Bertz CT molecular complexity index is 104. The second-order valence-electron chi connectivity index (χ2n) is 4.54. The van der Waals surface area contributed by atoms with Crippen LogP contribution in [0.25, 0.3) is 0 Å². The first-order valence-electron chi connectivity index (χ1n) is 6.47. The van der Waals surface area contributed by atoms with Gasteiger partial charge in [0.1, 0.15) is 0 Å². The fourth-order valence-electron chi connectivity index (χ4n) is 1.75. The quantitative estimate of drug-likeness (QED) is 0.592. The summed E-state index contributed by atoms with van der Waals surface area (Å²) in [6.07, 6.45) is 7.99. The molecule has 14 heavy (non-hydrogen) atoms. The van der Waals surface area contributed by atoms with Crippen LogP contribution in [-0.4, -0.2) is 12.6 Å². The molecule has 0 aromatic rings. The summed E-state index contributed by atoms with van der Waals surface area (Å²) in [5, 5.41) is 3.67. The summed E-state index contributed by atoms with van der Waals surface area (Å²) in [5.74, 6) is 0.876. The standard InChI is InChI=1S/C13H29N/c1-5-8-9-13(14-10-6-2)11-12(4)7-3/h12-14H,5-11H2,1-4H3. The lowest BCUT2D eigenvalue weighted by atomic mass is 9.96. The van der Waals surface area contributed by atoms with Crippen LogP contribution in [0.15, 0.2) is 0 Å². The fraction of sp³-hybridized carbons (Fsp3) is 1.00. The zero-order valence-corrected chi connectivity index (χ0v) is 10.6. The molecule has 0 amide bonds. The third kappa shape index (κ3) is 7.37. The monoisotopic (exact) mass is 199 g/mol. The molecule has 0 aliphatic heterocycles. The van der Waals surface area contributed by atoms with E-state index in [9.17, 15) is 0 Å². The van der Waals surface area contributed by atoms with E-state index in [0.29, 0.717) is 0 Å². The van der Waals surface area contributed by atoms with Crippen LogP contribution < -0.4 is 5.32 Å². The molecule has 2 unspecified atom stereocenters. The van der Waals surface area contributed by atoms with Crippen molar-refractivity contribution in [2.45, 2.75) is 72.3 Å². The normalized spacial score (nSPS) is 15.4. The molecule has 1 N–H and O–H groups in total. The summed E-state index contributed by atoms with van der Waals surface area (Å²) < 4.78 is 0. The molecule has 0 aromatic heterocycles. The number of hydrogen-bond donors (Lipinski definition) is 1. The molecule has 0 spiro atoms. The Kier molecular flexibility index (Phi) is 9.49. The van der Waals surface area contributed by atoms with Crippen LogP contribution in [0.5, 0.6) is 0 Å². The summed E-state index contributed by atoms with van der Waals surface area (Å²) in [5.41, 5.74) is 0. The van der Waals surface area contributed by atoms with Crippen molar-refractivity contribution in [1.29, 1.82) is 0 Å². The zero-order valence-electron chi connectivity index (χ0n) is 10.6. The van der Waals surface area contributed by atoms with Gasteiger partial charge in [0.25, 0.3) is 0 Å².